The zero-order valence-corrected chi connectivity index (χ0v) is 10.9. The van der Waals surface area contributed by atoms with Crippen LogP contribution in [0.4, 0.5) is 4.39 Å². The van der Waals surface area contributed by atoms with Crippen molar-refractivity contribution in [2.75, 3.05) is 6.61 Å². The molecule has 1 aromatic rings. The van der Waals surface area contributed by atoms with Gasteiger partial charge in [0.25, 0.3) is 0 Å². The average Bonchev–Trinajstić information content (AvgIpc) is 2.78. The molecule has 0 radical (unpaired) electrons. The molecule has 2 rings (SSSR count). The van der Waals surface area contributed by atoms with E-state index in [1.165, 1.54) is 12.1 Å². The normalized spacial score (nSPS) is 22.9. The van der Waals surface area contributed by atoms with Gasteiger partial charge in [0.1, 0.15) is 5.82 Å². The maximum atomic E-state index is 13.1. The predicted octanol–water partition coefficient (Wildman–Crippen LogP) is 3.08. The van der Waals surface area contributed by atoms with Crippen molar-refractivity contribution in [2.24, 2.45) is 0 Å². The van der Waals surface area contributed by atoms with Gasteiger partial charge in [-0.25, -0.2) is 4.39 Å². The Balaban J connectivity index is 1.85. The monoisotopic (exact) mass is 252 g/mol. The van der Waals surface area contributed by atoms with Crippen molar-refractivity contribution in [3.05, 3.63) is 35.6 Å². The van der Waals surface area contributed by atoms with Crippen LogP contribution in [0.15, 0.2) is 24.3 Å². The summed E-state index contributed by atoms with van der Waals surface area (Å²) in [4.78, 5) is 0. The Morgan fingerprint density at radius 1 is 1.50 bits per heavy atom. The molecule has 0 aromatic heterocycles. The minimum atomic E-state index is -0.792. The maximum Gasteiger partial charge on any atom is 0.123 e. The summed E-state index contributed by atoms with van der Waals surface area (Å²) in [5.74, 6) is -0.248. The highest BCUT2D eigenvalue weighted by Gasteiger charge is 2.24. The zero-order chi connectivity index (χ0) is 13.0. The number of ether oxygens (including phenoxy) is 1. The molecule has 1 aliphatic rings. The lowest BCUT2D eigenvalue weighted by Gasteiger charge is -2.24. The number of benzene rings is 1. The summed E-state index contributed by atoms with van der Waals surface area (Å²) in [5, 5.41) is 10.3. The molecule has 1 fully saturated rings. The lowest BCUT2D eigenvalue weighted by Crippen LogP contribution is -2.28. The number of hydrogen-bond acceptors (Lipinski definition) is 2. The van der Waals surface area contributed by atoms with Crippen LogP contribution < -0.4 is 0 Å². The lowest BCUT2D eigenvalue weighted by molar-refractivity contribution is 0.0254. The Labute approximate surface area is 108 Å². The first-order chi connectivity index (χ1) is 8.55. The highest BCUT2D eigenvalue weighted by atomic mass is 19.1. The third-order valence-corrected chi connectivity index (χ3v) is 3.50. The number of hydrogen-bond donors (Lipinski definition) is 1. The minimum Gasteiger partial charge on any atom is -0.390 e. The van der Waals surface area contributed by atoms with Crippen LogP contribution >= 0.6 is 0 Å². The molecule has 0 amide bonds. The molecular formula is C15H21FO2. The highest BCUT2D eigenvalue weighted by molar-refractivity contribution is 5.18. The van der Waals surface area contributed by atoms with E-state index < -0.39 is 5.60 Å². The van der Waals surface area contributed by atoms with Gasteiger partial charge in [-0.05, 0) is 50.3 Å². The number of halogens is 1. The van der Waals surface area contributed by atoms with Crippen LogP contribution in [0.1, 0.15) is 38.2 Å². The van der Waals surface area contributed by atoms with E-state index in [2.05, 4.69) is 0 Å². The predicted molar refractivity (Wildman–Crippen MR) is 68.9 cm³/mol. The average molecular weight is 252 g/mol. The molecule has 0 spiro atoms. The van der Waals surface area contributed by atoms with Gasteiger partial charge in [0.2, 0.25) is 0 Å². The van der Waals surface area contributed by atoms with Crippen molar-refractivity contribution in [2.45, 2.75) is 50.7 Å². The van der Waals surface area contributed by atoms with E-state index in [-0.39, 0.29) is 5.82 Å². The largest absolute Gasteiger partial charge is 0.390 e. The smallest absolute Gasteiger partial charge is 0.123 e. The molecule has 2 nitrogen and oxygen atoms in total. The summed E-state index contributed by atoms with van der Waals surface area (Å²) >= 11 is 0. The van der Waals surface area contributed by atoms with Crippen molar-refractivity contribution >= 4 is 0 Å². The highest BCUT2D eigenvalue weighted by Crippen LogP contribution is 2.24. The van der Waals surface area contributed by atoms with E-state index in [1.807, 2.05) is 13.0 Å². The molecule has 18 heavy (non-hydrogen) atoms. The second-order valence-corrected chi connectivity index (χ2v) is 5.48. The summed E-state index contributed by atoms with van der Waals surface area (Å²) in [6.07, 6.45) is 4.56. The third kappa shape index (κ3) is 4.07. The van der Waals surface area contributed by atoms with Crippen LogP contribution in [0.25, 0.3) is 0 Å². The Kier molecular flexibility index (Phi) is 4.36. The van der Waals surface area contributed by atoms with Gasteiger partial charge in [-0.1, -0.05) is 12.1 Å². The zero-order valence-electron chi connectivity index (χ0n) is 10.9. The molecule has 1 N–H and O–H groups in total. The second-order valence-electron chi connectivity index (χ2n) is 5.48. The van der Waals surface area contributed by atoms with Crippen molar-refractivity contribution in [3.8, 4) is 0 Å². The van der Waals surface area contributed by atoms with Crippen LogP contribution in [-0.2, 0) is 11.2 Å². The first-order valence-corrected chi connectivity index (χ1v) is 6.64. The summed E-state index contributed by atoms with van der Waals surface area (Å²) in [7, 11) is 0. The minimum absolute atomic E-state index is 0.248. The van der Waals surface area contributed by atoms with Crippen molar-refractivity contribution < 1.29 is 14.2 Å². The van der Waals surface area contributed by atoms with Crippen LogP contribution in [-0.4, -0.2) is 23.4 Å². The molecule has 2 unspecified atom stereocenters. The van der Waals surface area contributed by atoms with E-state index in [9.17, 15) is 9.50 Å². The van der Waals surface area contributed by atoms with E-state index in [0.717, 1.165) is 31.4 Å². The molecule has 0 aliphatic carbocycles. The summed E-state index contributed by atoms with van der Waals surface area (Å²) in [6, 6.07) is 6.44. The van der Waals surface area contributed by atoms with E-state index in [0.29, 0.717) is 18.9 Å². The van der Waals surface area contributed by atoms with Gasteiger partial charge >= 0.3 is 0 Å². The SMILES string of the molecule is CC(O)(CCC1CCCO1)Cc1cccc(F)c1. The van der Waals surface area contributed by atoms with Gasteiger partial charge in [0.15, 0.2) is 0 Å². The first kappa shape index (κ1) is 13.5. The summed E-state index contributed by atoms with van der Waals surface area (Å²) in [5.41, 5.74) is 0.0482. The van der Waals surface area contributed by atoms with Crippen molar-refractivity contribution in [1.82, 2.24) is 0 Å². The Bertz CT molecular complexity index is 384. The topological polar surface area (TPSA) is 29.5 Å². The number of rotatable bonds is 5. The Hall–Kier alpha value is -0.930. The first-order valence-electron chi connectivity index (χ1n) is 6.64. The Morgan fingerprint density at radius 3 is 3.00 bits per heavy atom. The van der Waals surface area contributed by atoms with E-state index in [4.69, 9.17) is 4.74 Å². The second kappa shape index (κ2) is 5.81. The number of aliphatic hydroxyl groups is 1. The third-order valence-electron chi connectivity index (χ3n) is 3.50. The van der Waals surface area contributed by atoms with Crippen LogP contribution in [0.2, 0.25) is 0 Å². The standard InChI is InChI=1S/C15H21FO2/c1-15(17,8-7-14-6-3-9-18-14)11-12-4-2-5-13(16)10-12/h2,4-5,10,14,17H,3,6-9,11H2,1H3. The molecule has 1 aliphatic heterocycles. The van der Waals surface area contributed by atoms with Crippen LogP contribution in [0, 0.1) is 5.82 Å². The van der Waals surface area contributed by atoms with Gasteiger partial charge in [0.05, 0.1) is 11.7 Å². The van der Waals surface area contributed by atoms with Gasteiger partial charge in [-0.2, -0.15) is 0 Å². The van der Waals surface area contributed by atoms with Gasteiger partial charge in [-0.3, -0.25) is 0 Å². The molecular weight excluding hydrogens is 231 g/mol. The van der Waals surface area contributed by atoms with Crippen molar-refractivity contribution in [3.63, 3.8) is 0 Å². The van der Waals surface area contributed by atoms with E-state index >= 15 is 0 Å². The fourth-order valence-corrected chi connectivity index (χ4v) is 2.52. The fourth-order valence-electron chi connectivity index (χ4n) is 2.52. The van der Waals surface area contributed by atoms with Crippen LogP contribution in [0.5, 0.6) is 0 Å². The molecule has 1 heterocycles. The van der Waals surface area contributed by atoms with E-state index in [1.54, 1.807) is 6.07 Å². The van der Waals surface area contributed by atoms with Gasteiger partial charge in [-0.15, -0.1) is 0 Å². The molecule has 0 bridgehead atoms. The molecule has 0 saturated carbocycles. The van der Waals surface area contributed by atoms with Gasteiger partial charge < -0.3 is 9.84 Å². The summed E-state index contributed by atoms with van der Waals surface area (Å²) in [6.45, 7) is 2.66. The van der Waals surface area contributed by atoms with Crippen molar-refractivity contribution in [1.29, 1.82) is 0 Å². The Morgan fingerprint density at radius 2 is 2.33 bits per heavy atom. The fraction of sp³-hybridized carbons (Fsp3) is 0.600. The molecule has 3 heteroatoms. The maximum absolute atomic E-state index is 13.1. The molecule has 100 valence electrons. The summed E-state index contributed by atoms with van der Waals surface area (Å²) < 4.78 is 18.6. The van der Waals surface area contributed by atoms with Gasteiger partial charge in [0, 0.05) is 13.0 Å². The molecule has 2 atom stereocenters. The quantitative estimate of drug-likeness (QED) is 0.872. The lowest BCUT2D eigenvalue weighted by atomic mass is 9.90. The molecule has 1 saturated heterocycles. The molecule has 1 aromatic carbocycles. The van der Waals surface area contributed by atoms with Crippen LogP contribution in [0.3, 0.4) is 0 Å².